The van der Waals surface area contributed by atoms with E-state index in [2.05, 4.69) is 9.97 Å². The molecule has 3 rings (SSSR count). The average molecular weight is 451 g/mol. The molecule has 0 unspecified atom stereocenters. The van der Waals surface area contributed by atoms with Crippen molar-refractivity contribution in [1.29, 1.82) is 0 Å². The largest absolute Gasteiger partial charge is 0.394 e. The Kier molecular flexibility index (Phi) is 4.67. The topological polar surface area (TPSA) is 32.3 Å². The maximum atomic E-state index is 12.8. The first kappa shape index (κ1) is 14.9. The average Bonchev–Trinajstić information content (AvgIpc) is 2.90. The molecule has 0 bridgehead atoms. The summed E-state index contributed by atoms with van der Waals surface area (Å²) >= 11 is 0. The maximum Gasteiger partial charge on any atom is 0.394 e. The number of aromatic nitrogens is 2. The second-order valence-corrected chi connectivity index (χ2v) is 4.17. The van der Waals surface area contributed by atoms with E-state index in [1.54, 1.807) is 12.1 Å². The molecule has 1 aliphatic heterocycles. The molecule has 3 heterocycles. The molecular weight excluding hydrogens is 441 g/mol. The van der Waals surface area contributed by atoms with E-state index in [-0.39, 0.29) is 31.7 Å². The monoisotopic (exact) mass is 452 g/mol. The number of hydrogen-bond donors (Lipinski definition) is 0. The molecule has 1 aliphatic rings. The first-order valence-corrected chi connectivity index (χ1v) is 5.84. The molecule has 8 heteroatoms. The van der Waals surface area contributed by atoms with Crippen molar-refractivity contribution in [2.24, 2.45) is 0 Å². The number of halogens is 2. The van der Waals surface area contributed by atoms with Crippen molar-refractivity contribution in [2.75, 3.05) is 22.7 Å². The van der Waals surface area contributed by atoms with Gasteiger partial charge in [-0.1, -0.05) is 0 Å². The zero-order valence-electron chi connectivity index (χ0n) is 10.3. The van der Waals surface area contributed by atoms with Crippen LogP contribution in [0.25, 0.3) is 0 Å². The smallest absolute Gasteiger partial charge is 0.382 e. The Balaban J connectivity index is 0.00000147. The van der Waals surface area contributed by atoms with Gasteiger partial charge in [0.15, 0.2) is 0 Å². The van der Waals surface area contributed by atoms with E-state index < -0.39 is 0 Å². The molecule has 0 aliphatic carbocycles. The maximum absolute atomic E-state index is 12.8. The summed E-state index contributed by atoms with van der Waals surface area (Å²) in [5.74, 6) is 0.622. The van der Waals surface area contributed by atoms with E-state index in [0.29, 0.717) is 11.6 Å². The summed E-state index contributed by atoms with van der Waals surface area (Å²) < 4.78 is 25.6. The van der Waals surface area contributed by atoms with Crippen molar-refractivity contribution in [1.82, 2.24) is 9.97 Å². The fraction of sp³-hybridized carbons (Fsp3) is 0.167. The molecule has 1 saturated heterocycles. The van der Waals surface area contributed by atoms with Gasteiger partial charge in [-0.05, 0) is 24.3 Å². The molecule has 4 nitrogen and oxygen atoms in total. The van der Waals surface area contributed by atoms with Crippen LogP contribution in [0.3, 0.4) is 0 Å². The minimum absolute atomic E-state index is 0. The molecule has 0 N–H and O–H groups in total. The number of pyridine rings is 2. The third kappa shape index (κ3) is 3.13. The molecule has 0 spiro atoms. The fourth-order valence-electron chi connectivity index (χ4n) is 1.92. The summed E-state index contributed by atoms with van der Waals surface area (Å²) in [5, 5.41) is 0. The Hall–Kier alpha value is -1.53. The van der Waals surface area contributed by atoms with Crippen molar-refractivity contribution in [3.05, 3.63) is 48.3 Å². The molecule has 0 aromatic carbocycles. The number of anilines is 2. The van der Waals surface area contributed by atoms with Gasteiger partial charge in [0.2, 0.25) is 0 Å². The summed E-state index contributed by atoms with van der Waals surface area (Å²) in [6.45, 7) is 1.44. The van der Waals surface area contributed by atoms with E-state index in [9.17, 15) is 8.78 Å². The second kappa shape index (κ2) is 6.28. The molecule has 0 amide bonds. The van der Waals surface area contributed by atoms with Crippen LogP contribution in [0.5, 0.6) is 0 Å². The van der Waals surface area contributed by atoms with E-state index in [1.807, 2.05) is 17.2 Å². The van der Waals surface area contributed by atoms with Gasteiger partial charge in [0.1, 0.15) is 23.3 Å². The van der Waals surface area contributed by atoms with Gasteiger partial charge in [-0.3, -0.25) is 0 Å². The van der Waals surface area contributed by atoms with Crippen molar-refractivity contribution < 1.29 is 28.9 Å². The van der Waals surface area contributed by atoms with Crippen LogP contribution in [0.4, 0.5) is 20.4 Å². The van der Waals surface area contributed by atoms with Crippen LogP contribution in [0, 0.1) is 11.6 Å². The summed E-state index contributed by atoms with van der Waals surface area (Å²) in [7, 11) is 1.83. The van der Waals surface area contributed by atoms with Crippen molar-refractivity contribution in [3.8, 4) is 0 Å². The number of nitrogens with zero attached hydrogens (tertiary/aromatic N) is 4. The van der Waals surface area contributed by atoms with Gasteiger partial charge in [0.05, 0.1) is 12.4 Å². The summed E-state index contributed by atoms with van der Waals surface area (Å²) in [4.78, 5) is 11.8. The summed E-state index contributed by atoms with van der Waals surface area (Å²) in [6.07, 6.45) is 2.37. The van der Waals surface area contributed by atoms with Gasteiger partial charge >= 0.3 is 7.55 Å². The van der Waals surface area contributed by atoms with Gasteiger partial charge in [-0.15, -0.1) is 0 Å². The zero-order chi connectivity index (χ0) is 13.2. The number of rotatable bonds is 2. The zero-order valence-corrected chi connectivity index (χ0v) is 12.7. The molecule has 104 valence electrons. The molecule has 0 saturated carbocycles. The minimum atomic E-state index is -0.361. The molecule has 2 radical (unpaired) electrons. The quantitative estimate of drug-likeness (QED) is 0.650. The molecule has 0 atom stereocenters. The second-order valence-electron chi connectivity index (χ2n) is 4.17. The van der Waals surface area contributed by atoms with Crippen LogP contribution < -0.4 is 9.62 Å². The third-order valence-electron chi connectivity index (χ3n) is 2.87. The standard InChI is InChI=1S/C12H10BF2N4.Ir/c14-9-1-3-11(16-7-9)18-5-6-19(13-18)12-4-2-10(15)8-17-12;/h1-4,7-8H,5-6H2;. The molecular formula is C12H10BF2IrN4. The normalized spacial score (nSPS) is 13.9. The van der Waals surface area contributed by atoms with Gasteiger partial charge < -0.3 is 9.62 Å². The first-order chi connectivity index (χ1) is 9.22. The Morgan fingerprint density at radius 3 is 1.65 bits per heavy atom. The van der Waals surface area contributed by atoms with Gasteiger partial charge in [-0.25, -0.2) is 18.7 Å². The molecule has 20 heavy (non-hydrogen) atoms. The van der Waals surface area contributed by atoms with Crippen LogP contribution in [0.1, 0.15) is 0 Å². The van der Waals surface area contributed by atoms with E-state index in [0.717, 1.165) is 13.1 Å². The van der Waals surface area contributed by atoms with Crippen LogP contribution >= 0.6 is 0 Å². The predicted molar refractivity (Wildman–Crippen MR) is 68.8 cm³/mol. The van der Waals surface area contributed by atoms with Gasteiger partial charge in [0, 0.05) is 33.2 Å². The fourth-order valence-corrected chi connectivity index (χ4v) is 1.92. The third-order valence-corrected chi connectivity index (χ3v) is 2.87. The van der Waals surface area contributed by atoms with Crippen LogP contribution in [0.15, 0.2) is 36.7 Å². The first-order valence-electron chi connectivity index (χ1n) is 5.84. The van der Waals surface area contributed by atoms with Crippen LogP contribution in [0.2, 0.25) is 0 Å². The Labute approximate surface area is 129 Å². The van der Waals surface area contributed by atoms with E-state index in [1.165, 1.54) is 24.5 Å². The molecule has 1 fully saturated rings. The Morgan fingerprint density at radius 2 is 1.30 bits per heavy atom. The van der Waals surface area contributed by atoms with Gasteiger partial charge in [-0.2, -0.15) is 0 Å². The summed E-state index contributed by atoms with van der Waals surface area (Å²) in [5.41, 5.74) is 0. The van der Waals surface area contributed by atoms with Gasteiger partial charge in [0.25, 0.3) is 0 Å². The number of hydrogen-bond acceptors (Lipinski definition) is 4. The Bertz CT molecular complexity index is 515. The predicted octanol–water partition coefficient (Wildman–Crippen LogP) is 1.61. The van der Waals surface area contributed by atoms with Crippen molar-refractivity contribution in [3.63, 3.8) is 0 Å². The van der Waals surface area contributed by atoms with Crippen LogP contribution in [-0.2, 0) is 20.1 Å². The minimum Gasteiger partial charge on any atom is -0.382 e. The SMILES string of the molecule is Fc1ccc(N2[B]N(c3ccc(F)cn3)CC2)nc1.[Ir]. The Morgan fingerprint density at radius 1 is 0.850 bits per heavy atom. The van der Waals surface area contributed by atoms with E-state index >= 15 is 0 Å². The summed E-state index contributed by atoms with van der Waals surface area (Å²) in [6, 6.07) is 5.98. The van der Waals surface area contributed by atoms with Crippen LogP contribution in [-0.4, -0.2) is 30.6 Å². The van der Waals surface area contributed by atoms with Crippen molar-refractivity contribution >= 4 is 19.2 Å². The molecule has 2 aromatic heterocycles. The molecule has 2 aromatic rings. The van der Waals surface area contributed by atoms with Crippen molar-refractivity contribution in [2.45, 2.75) is 0 Å². The van der Waals surface area contributed by atoms with E-state index in [4.69, 9.17) is 0 Å².